The van der Waals surface area contributed by atoms with E-state index in [9.17, 15) is 9.18 Å². The zero-order chi connectivity index (χ0) is 12.1. The summed E-state index contributed by atoms with van der Waals surface area (Å²) in [6.45, 7) is 3.64. The van der Waals surface area contributed by atoms with Gasteiger partial charge in [0, 0.05) is 0 Å². The lowest BCUT2D eigenvalue weighted by atomic mass is 10.00. The molecule has 1 aromatic rings. The van der Waals surface area contributed by atoms with Gasteiger partial charge in [0.25, 0.3) is 0 Å². The molecule has 0 saturated heterocycles. The summed E-state index contributed by atoms with van der Waals surface area (Å²) < 4.78 is 18.1. The highest BCUT2D eigenvalue weighted by Crippen LogP contribution is 2.19. The maximum atomic E-state index is 13.3. The number of esters is 1. The molecule has 0 N–H and O–H groups in total. The van der Waals surface area contributed by atoms with Crippen LogP contribution in [0.4, 0.5) is 4.39 Å². The molecule has 4 heteroatoms. The van der Waals surface area contributed by atoms with E-state index in [2.05, 4.69) is 0 Å². The van der Waals surface area contributed by atoms with Crippen LogP contribution in [-0.4, -0.2) is 12.6 Å². The zero-order valence-electron chi connectivity index (χ0n) is 9.16. The van der Waals surface area contributed by atoms with Crippen LogP contribution in [0.5, 0.6) is 0 Å². The number of nitriles is 1. The Balaban J connectivity index is 2.94. The van der Waals surface area contributed by atoms with Gasteiger partial charge in [-0.1, -0.05) is 6.07 Å². The maximum Gasteiger partial charge on any atom is 0.313 e. The highest BCUT2D eigenvalue weighted by molar-refractivity contribution is 5.77. The SMILES string of the molecule is CCOC(=O)C(C)c1ccc(C#N)c(F)c1. The zero-order valence-corrected chi connectivity index (χ0v) is 9.16. The molecule has 1 aromatic carbocycles. The van der Waals surface area contributed by atoms with Crippen LogP contribution in [0.15, 0.2) is 18.2 Å². The molecule has 16 heavy (non-hydrogen) atoms. The summed E-state index contributed by atoms with van der Waals surface area (Å²) >= 11 is 0. The first-order valence-electron chi connectivity index (χ1n) is 4.96. The Hall–Kier alpha value is -1.89. The van der Waals surface area contributed by atoms with Gasteiger partial charge < -0.3 is 4.74 Å². The second-order valence-corrected chi connectivity index (χ2v) is 3.32. The highest BCUT2D eigenvalue weighted by Gasteiger charge is 2.17. The van der Waals surface area contributed by atoms with Crippen molar-refractivity contribution in [3.63, 3.8) is 0 Å². The monoisotopic (exact) mass is 221 g/mol. The fourth-order valence-corrected chi connectivity index (χ4v) is 1.29. The number of nitrogens with zero attached hydrogens (tertiary/aromatic N) is 1. The Morgan fingerprint density at radius 2 is 2.31 bits per heavy atom. The fraction of sp³-hybridized carbons (Fsp3) is 0.333. The molecule has 0 saturated carbocycles. The molecule has 0 fully saturated rings. The largest absolute Gasteiger partial charge is 0.466 e. The predicted molar refractivity (Wildman–Crippen MR) is 56.2 cm³/mol. The van der Waals surface area contributed by atoms with Gasteiger partial charge in [-0.05, 0) is 31.5 Å². The van der Waals surface area contributed by atoms with Crippen molar-refractivity contribution < 1.29 is 13.9 Å². The minimum atomic E-state index is -0.615. The lowest BCUT2D eigenvalue weighted by Gasteiger charge is -2.10. The highest BCUT2D eigenvalue weighted by atomic mass is 19.1. The van der Waals surface area contributed by atoms with Crippen LogP contribution in [0, 0.1) is 17.1 Å². The molecule has 0 spiro atoms. The number of hydrogen-bond donors (Lipinski definition) is 0. The Morgan fingerprint density at radius 3 is 2.81 bits per heavy atom. The fourth-order valence-electron chi connectivity index (χ4n) is 1.29. The van der Waals surface area contributed by atoms with E-state index in [1.807, 2.05) is 0 Å². The van der Waals surface area contributed by atoms with Crippen LogP contribution < -0.4 is 0 Å². The maximum absolute atomic E-state index is 13.3. The minimum Gasteiger partial charge on any atom is -0.466 e. The van der Waals surface area contributed by atoms with Crippen LogP contribution in [0.25, 0.3) is 0 Å². The van der Waals surface area contributed by atoms with Crippen LogP contribution in [0.1, 0.15) is 30.9 Å². The second kappa shape index (κ2) is 5.26. The smallest absolute Gasteiger partial charge is 0.313 e. The predicted octanol–water partition coefficient (Wildman–Crippen LogP) is 2.36. The third kappa shape index (κ3) is 2.57. The molecule has 0 amide bonds. The van der Waals surface area contributed by atoms with Crippen molar-refractivity contribution in [3.8, 4) is 6.07 Å². The van der Waals surface area contributed by atoms with Gasteiger partial charge in [-0.2, -0.15) is 5.26 Å². The molecule has 0 bridgehead atoms. The van der Waals surface area contributed by atoms with Gasteiger partial charge >= 0.3 is 5.97 Å². The summed E-state index contributed by atoms with van der Waals surface area (Å²) in [6, 6.07) is 5.84. The average Bonchev–Trinajstić information content (AvgIpc) is 2.28. The normalized spacial score (nSPS) is 11.6. The first-order chi connectivity index (χ1) is 7.60. The van der Waals surface area contributed by atoms with E-state index in [4.69, 9.17) is 10.00 Å². The molecule has 1 unspecified atom stereocenters. The topological polar surface area (TPSA) is 50.1 Å². The third-order valence-electron chi connectivity index (χ3n) is 2.25. The van der Waals surface area contributed by atoms with E-state index in [1.165, 1.54) is 12.1 Å². The quantitative estimate of drug-likeness (QED) is 0.736. The Morgan fingerprint density at radius 1 is 1.62 bits per heavy atom. The van der Waals surface area contributed by atoms with Gasteiger partial charge in [0.2, 0.25) is 0 Å². The van der Waals surface area contributed by atoms with E-state index < -0.39 is 17.7 Å². The van der Waals surface area contributed by atoms with E-state index >= 15 is 0 Å². The molecule has 1 atom stereocenters. The molecular formula is C12H12FNO2. The lowest BCUT2D eigenvalue weighted by Crippen LogP contribution is -2.13. The molecule has 0 heterocycles. The van der Waals surface area contributed by atoms with Crippen molar-refractivity contribution in [2.75, 3.05) is 6.61 Å². The van der Waals surface area contributed by atoms with Crippen LogP contribution in [0.2, 0.25) is 0 Å². The molecule has 0 aliphatic carbocycles. The molecule has 0 aliphatic heterocycles. The molecule has 0 radical (unpaired) electrons. The summed E-state index contributed by atoms with van der Waals surface area (Å²) in [5.74, 6) is -1.54. The van der Waals surface area contributed by atoms with E-state index in [-0.39, 0.29) is 5.56 Å². The van der Waals surface area contributed by atoms with Crippen molar-refractivity contribution >= 4 is 5.97 Å². The van der Waals surface area contributed by atoms with Crippen molar-refractivity contribution in [2.45, 2.75) is 19.8 Å². The first-order valence-corrected chi connectivity index (χ1v) is 4.96. The number of carbonyl (C=O) groups is 1. The molecule has 1 rings (SSSR count). The average molecular weight is 221 g/mol. The Bertz CT molecular complexity index is 437. The van der Waals surface area contributed by atoms with Crippen LogP contribution in [0.3, 0.4) is 0 Å². The standard InChI is InChI=1S/C12H12FNO2/c1-3-16-12(15)8(2)9-4-5-10(7-14)11(13)6-9/h4-6,8H,3H2,1-2H3. The number of halogens is 1. The second-order valence-electron chi connectivity index (χ2n) is 3.32. The van der Waals surface area contributed by atoms with Crippen molar-refractivity contribution in [2.24, 2.45) is 0 Å². The Kier molecular flexibility index (Phi) is 4.01. The summed E-state index contributed by atoms with van der Waals surface area (Å²) in [5, 5.41) is 8.56. The molecule has 84 valence electrons. The summed E-state index contributed by atoms with van der Waals surface area (Å²) in [6.07, 6.45) is 0. The molecule has 3 nitrogen and oxygen atoms in total. The van der Waals surface area contributed by atoms with Crippen molar-refractivity contribution in [3.05, 3.63) is 35.1 Å². The van der Waals surface area contributed by atoms with E-state index in [0.29, 0.717) is 12.2 Å². The molecule has 0 aliphatic rings. The third-order valence-corrected chi connectivity index (χ3v) is 2.25. The number of ether oxygens (including phenoxy) is 1. The van der Waals surface area contributed by atoms with Crippen molar-refractivity contribution in [1.29, 1.82) is 5.26 Å². The van der Waals surface area contributed by atoms with Gasteiger partial charge in [0.1, 0.15) is 11.9 Å². The number of rotatable bonds is 3. The number of benzene rings is 1. The van der Waals surface area contributed by atoms with Gasteiger partial charge in [0.05, 0.1) is 18.1 Å². The first kappa shape index (κ1) is 12.2. The van der Waals surface area contributed by atoms with Crippen molar-refractivity contribution in [1.82, 2.24) is 0 Å². The van der Waals surface area contributed by atoms with Gasteiger partial charge in [-0.25, -0.2) is 4.39 Å². The summed E-state index contributed by atoms with van der Waals surface area (Å²) in [5.41, 5.74) is 0.481. The van der Waals surface area contributed by atoms with Crippen LogP contribution >= 0.6 is 0 Å². The molecule has 0 aromatic heterocycles. The summed E-state index contributed by atoms with van der Waals surface area (Å²) in [7, 11) is 0. The lowest BCUT2D eigenvalue weighted by molar-refractivity contribution is -0.144. The Labute approximate surface area is 93.5 Å². The number of hydrogen-bond acceptors (Lipinski definition) is 3. The summed E-state index contributed by atoms with van der Waals surface area (Å²) in [4.78, 5) is 11.4. The number of carbonyl (C=O) groups excluding carboxylic acids is 1. The van der Waals surface area contributed by atoms with E-state index in [0.717, 1.165) is 0 Å². The van der Waals surface area contributed by atoms with Gasteiger partial charge in [0.15, 0.2) is 0 Å². The van der Waals surface area contributed by atoms with Crippen LogP contribution in [-0.2, 0) is 9.53 Å². The molecular weight excluding hydrogens is 209 g/mol. The minimum absolute atomic E-state index is 0.0280. The van der Waals surface area contributed by atoms with Gasteiger partial charge in [-0.3, -0.25) is 4.79 Å². The van der Waals surface area contributed by atoms with Gasteiger partial charge in [-0.15, -0.1) is 0 Å². The van der Waals surface area contributed by atoms with E-state index in [1.54, 1.807) is 26.0 Å².